The van der Waals surface area contributed by atoms with Crippen molar-refractivity contribution in [2.45, 2.75) is 58.6 Å². The van der Waals surface area contributed by atoms with Crippen LogP contribution in [0.1, 0.15) is 46.1 Å². The summed E-state index contributed by atoms with van der Waals surface area (Å²) in [5, 5.41) is 10.8. The average Bonchev–Trinajstić information content (AvgIpc) is 2.43. The lowest BCUT2D eigenvalue weighted by molar-refractivity contribution is -0.0341. The van der Waals surface area contributed by atoms with Crippen LogP contribution in [0.5, 0.6) is 0 Å². The second-order valence-corrected chi connectivity index (χ2v) is 6.40. The number of hydrogen-bond acceptors (Lipinski definition) is 2. The monoisotopic (exact) mass is 359 g/mol. The van der Waals surface area contributed by atoms with E-state index in [1.165, 1.54) is 12.1 Å². The first kappa shape index (κ1) is 18.6. The number of likely N-dealkylation sites (N-methyl/N-ethyl adjacent to an activating group) is 1. The van der Waals surface area contributed by atoms with Gasteiger partial charge in [0.25, 0.3) is 0 Å². The Morgan fingerprint density at radius 2 is 1.71 bits per heavy atom. The van der Waals surface area contributed by atoms with Gasteiger partial charge in [0.1, 0.15) is 5.82 Å². The molecule has 1 unspecified atom stereocenters. The normalized spacial score (nSPS) is 13.7. The summed E-state index contributed by atoms with van der Waals surface area (Å²) in [4.78, 5) is 2.33. The molecule has 21 heavy (non-hydrogen) atoms. The van der Waals surface area contributed by atoms with Gasteiger partial charge in [-0.2, -0.15) is 0 Å². The van der Waals surface area contributed by atoms with Gasteiger partial charge in [0, 0.05) is 16.4 Å². The molecule has 0 heterocycles. The number of halogens is 2. The van der Waals surface area contributed by atoms with Gasteiger partial charge >= 0.3 is 0 Å². The molecule has 1 atom stereocenters. The zero-order chi connectivity index (χ0) is 16.0. The number of hydrogen-bond donors (Lipinski definition) is 1. The SMILES string of the molecule is CCN(CC)C(CC)(CC)C(O)Cc1cc(F)cc(Br)c1. The highest BCUT2D eigenvalue weighted by Gasteiger charge is 2.38. The van der Waals surface area contributed by atoms with Gasteiger partial charge in [0.15, 0.2) is 0 Å². The third-order valence-electron chi connectivity index (χ3n) is 4.59. The summed E-state index contributed by atoms with van der Waals surface area (Å²) in [6, 6.07) is 4.82. The van der Waals surface area contributed by atoms with Crippen LogP contribution in [-0.2, 0) is 6.42 Å². The minimum Gasteiger partial charge on any atom is -0.391 e. The van der Waals surface area contributed by atoms with E-state index in [9.17, 15) is 9.50 Å². The van der Waals surface area contributed by atoms with E-state index in [-0.39, 0.29) is 11.4 Å². The summed E-state index contributed by atoms with van der Waals surface area (Å²) in [7, 11) is 0. The van der Waals surface area contributed by atoms with E-state index >= 15 is 0 Å². The van der Waals surface area contributed by atoms with Crippen molar-refractivity contribution in [1.29, 1.82) is 0 Å². The standard InChI is InChI=1S/C17H27BrFNO/c1-5-17(6-2,20(7-3)8-4)16(21)11-13-9-14(18)12-15(19)10-13/h9-10,12,16,21H,5-8,11H2,1-4H3. The predicted molar refractivity (Wildman–Crippen MR) is 90.0 cm³/mol. The molecule has 1 N–H and O–H groups in total. The van der Waals surface area contributed by atoms with E-state index in [1.807, 2.05) is 6.07 Å². The molecule has 0 aromatic heterocycles. The zero-order valence-corrected chi connectivity index (χ0v) is 15.1. The van der Waals surface area contributed by atoms with Crippen LogP contribution in [0.15, 0.2) is 22.7 Å². The Labute approximate surface area is 136 Å². The number of benzene rings is 1. The zero-order valence-electron chi connectivity index (χ0n) is 13.5. The van der Waals surface area contributed by atoms with Gasteiger partial charge in [-0.1, -0.05) is 43.6 Å². The minimum absolute atomic E-state index is 0.248. The molecule has 0 radical (unpaired) electrons. The average molecular weight is 360 g/mol. The molecule has 0 aliphatic heterocycles. The van der Waals surface area contributed by atoms with Gasteiger partial charge in [-0.25, -0.2) is 4.39 Å². The maximum atomic E-state index is 13.5. The Bertz CT molecular complexity index is 424. The smallest absolute Gasteiger partial charge is 0.124 e. The van der Waals surface area contributed by atoms with Crippen LogP contribution in [0.2, 0.25) is 0 Å². The van der Waals surface area contributed by atoms with Crippen LogP contribution in [0.25, 0.3) is 0 Å². The van der Waals surface area contributed by atoms with Crippen LogP contribution in [0, 0.1) is 5.82 Å². The fourth-order valence-electron chi connectivity index (χ4n) is 3.37. The summed E-state index contributed by atoms with van der Waals surface area (Å²) >= 11 is 3.31. The molecular formula is C17H27BrFNO. The molecular weight excluding hydrogens is 333 g/mol. The van der Waals surface area contributed by atoms with Crippen molar-refractivity contribution in [2.75, 3.05) is 13.1 Å². The van der Waals surface area contributed by atoms with E-state index in [0.29, 0.717) is 10.9 Å². The number of aliphatic hydroxyl groups excluding tert-OH is 1. The molecule has 0 bridgehead atoms. The first-order chi connectivity index (χ1) is 9.93. The summed E-state index contributed by atoms with van der Waals surface area (Å²) in [6.07, 6.45) is 1.71. The Morgan fingerprint density at radius 3 is 2.14 bits per heavy atom. The second kappa shape index (κ2) is 8.25. The molecule has 0 saturated heterocycles. The quantitative estimate of drug-likeness (QED) is 0.743. The summed E-state index contributed by atoms with van der Waals surface area (Å²) in [5.41, 5.74) is 0.579. The van der Waals surface area contributed by atoms with Crippen molar-refractivity contribution in [2.24, 2.45) is 0 Å². The van der Waals surface area contributed by atoms with Gasteiger partial charge in [-0.05, 0) is 49.7 Å². The lowest BCUT2D eigenvalue weighted by Gasteiger charge is -2.46. The molecule has 1 aromatic rings. The van der Waals surface area contributed by atoms with E-state index < -0.39 is 6.10 Å². The van der Waals surface area contributed by atoms with E-state index in [4.69, 9.17) is 0 Å². The molecule has 4 heteroatoms. The lowest BCUT2D eigenvalue weighted by atomic mass is 9.81. The van der Waals surface area contributed by atoms with Gasteiger partial charge in [0.05, 0.1) is 6.10 Å². The first-order valence-electron chi connectivity index (χ1n) is 7.81. The first-order valence-corrected chi connectivity index (χ1v) is 8.60. The van der Waals surface area contributed by atoms with Crippen LogP contribution in [0.4, 0.5) is 4.39 Å². The van der Waals surface area contributed by atoms with Crippen molar-refractivity contribution < 1.29 is 9.50 Å². The van der Waals surface area contributed by atoms with Crippen LogP contribution in [-0.4, -0.2) is 34.7 Å². The molecule has 1 rings (SSSR count). The molecule has 0 fully saturated rings. The largest absolute Gasteiger partial charge is 0.391 e. The Balaban J connectivity index is 3.03. The van der Waals surface area contributed by atoms with Crippen LogP contribution < -0.4 is 0 Å². The minimum atomic E-state index is -0.513. The van der Waals surface area contributed by atoms with Gasteiger partial charge in [-0.15, -0.1) is 0 Å². The van der Waals surface area contributed by atoms with E-state index in [1.54, 1.807) is 0 Å². The van der Waals surface area contributed by atoms with Gasteiger partial charge < -0.3 is 5.11 Å². The summed E-state index contributed by atoms with van der Waals surface area (Å²) in [5.74, 6) is -0.270. The second-order valence-electron chi connectivity index (χ2n) is 5.48. The Morgan fingerprint density at radius 1 is 1.14 bits per heavy atom. The Kier molecular flexibility index (Phi) is 7.31. The highest BCUT2D eigenvalue weighted by molar-refractivity contribution is 9.10. The summed E-state index contributed by atoms with van der Waals surface area (Å²) in [6.45, 7) is 10.3. The number of aliphatic hydroxyl groups is 1. The van der Waals surface area contributed by atoms with Crippen LogP contribution in [0.3, 0.4) is 0 Å². The molecule has 0 aliphatic carbocycles. The predicted octanol–water partition coefficient (Wildman–Crippen LogP) is 4.39. The van der Waals surface area contributed by atoms with Crippen LogP contribution >= 0.6 is 15.9 Å². The molecule has 120 valence electrons. The maximum absolute atomic E-state index is 13.5. The van der Waals surface area contributed by atoms with Gasteiger partial charge in [-0.3, -0.25) is 4.90 Å². The molecule has 0 amide bonds. The fraction of sp³-hybridized carbons (Fsp3) is 0.647. The highest BCUT2D eigenvalue weighted by atomic mass is 79.9. The van der Waals surface area contributed by atoms with Crippen molar-refractivity contribution >= 4 is 15.9 Å². The Hall–Kier alpha value is -0.450. The maximum Gasteiger partial charge on any atom is 0.124 e. The highest BCUT2D eigenvalue weighted by Crippen LogP contribution is 2.30. The van der Waals surface area contributed by atoms with E-state index in [2.05, 4.69) is 48.5 Å². The topological polar surface area (TPSA) is 23.5 Å². The third kappa shape index (κ3) is 4.27. The van der Waals surface area contributed by atoms with Gasteiger partial charge in [0.2, 0.25) is 0 Å². The fourth-order valence-corrected chi connectivity index (χ4v) is 3.89. The number of nitrogens with zero attached hydrogens (tertiary/aromatic N) is 1. The molecule has 0 saturated carbocycles. The molecule has 2 nitrogen and oxygen atoms in total. The van der Waals surface area contributed by atoms with Crippen molar-refractivity contribution in [1.82, 2.24) is 4.90 Å². The number of rotatable bonds is 8. The van der Waals surface area contributed by atoms with E-state index in [0.717, 1.165) is 31.5 Å². The summed E-state index contributed by atoms with van der Waals surface area (Å²) < 4.78 is 14.2. The molecule has 1 aromatic carbocycles. The molecule has 0 aliphatic rings. The molecule has 0 spiro atoms. The van der Waals surface area contributed by atoms with Crippen molar-refractivity contribution in [3.63, 3.8) is 0 Å². The lowest BCUT2D eigenvalue weighted by Crippen LogP contribution is -2.56. The van der Waals surface area contributed by atoms with Crippen molar-refractivity contribution in [3.8, 4) is 0 Å². The third-order valence-corrected chi connectivity index (χ3v) is 5.05. The van der Waals surface area contributed by atoms with Crippen molar-refractivity contribution in [3.05, 3.63) is 34.1 Å².